The van der Waals surface area contributed by atoms with Gasteiger partial charge < -0.3 is 9.05 Å². The van der Waals surface area contributed by atoms with Crippen LogP contribution in [0.3, 0.4) is 0 Å². The summed E-state index contributed by atoms with van der Waals surface area (Å²) in [5.41, 5.74) is 0.396. The Morgan fingerprint density at radius 1 is 1.04 bits per heavy atom. The van der Waals surface area contributed by atoms with Gasteiger partial charge in [0.1, 0.15) is 0 Å². The highest BCUT2D eigenvalue weighted by atomic mass is 32.2. The van der Waals surface area contributed by atoms with Crippen LogP contribution < -0.4 is 0 Å². The molecule has 1 aliphatic rings. The first kappa shape index (κ1) is 20.6. The third-order valence-corrected chi connectivity index (χ3v) is 8.24. The topological polar surface area (TPSA) is 78.9 Å². The van der Waals surface area contributed by atoms with Crippen molar-refractivity contribution in [2.24, 2.45) is 0 Å². The molecule has 0 amide bonds. The van der Waals surface area contributed by atoms with Gasteiger partial charge in [0, 0.05) is 0 Å². The first-order chi connectivity index (χ1) is 11.8. The lowest BCUT2D eigenvalue weighted by Gasteiger charge is -2.34. The van der Waals surface area contributed by atoms with E-state index in [0.29, 0.717) is 12.8 Å². The molecule has 1 aliphatic carbocycles. The van der Waals surface area contributed by atoms with Crippen LogP contribution in [0.1, 0.15) is 45.1 Å². The second kappa shape index (κ2) is 8.78. The average molecular weight is 390 g/mol. The highest BCUT2D eigenvalue weighted by Crippen LogP contribution is 2.58. The van der Waals surface area contributed by atoms with Crippen LogP contribution >= 0.6 is 7.60 Å². The van der Waals surface area contributed by atoms with Crippen molar-refractivity contribution in [1.29, 1.82) is 0 Å². The first-order valence-electron chi connectivity index (χ1n) is 8.71. The molecular weight excluding hydrogens is 363 g/mol. The largest absolute Gasteiger partial charge is 0.336 e. The standard InChI is InChI=1S/C17H27O6PS/c1-4-21-24(18,22-5-2)17-9-7-6-8-16(17)23-25(19,20)15-12-10-14(3)11-13-15/h10-13,16-17H,4-9H2,1-3H3/t16-,17+/m1/s1. The predicted octanol–water partition coefficient (Wildman–Crippen LogP) is 4.28. The average Bonchev–Trinajstić information content (AvgIpc) is 2.56. The van der Waals surface area contributed by atoms with Crippen molar-refractivity contribution in [3.8, 4) is 0 Å². The summed E-state index contributed by atoms with van der Waals surface area (Å²) in [4.78, 5) is 0.102. The summed E-state index contributed by atoms with van der Waals surface area (Å²) in [6.45, 7) is 5.85. The van der Waals surface area contributed by atoms with Crippen molar-refractivity contribution in [3.63, 3.8) is 0 Å². The fourth-order valence-corrected chi connectivity index (χ4v) is 6.58. The Morgan fingerprint density at radius 2 is 1.60 bits per heavy atom. The van der Waals surface area contributed by atoms with Crippen molar-refractivity contribution in [2.45, 2.75) is 63.1 Å². The molecule has 8 heteroatoms. The van der Waals surface area contributed by atoms with E-state index >= 15 is 0 Å². The molecule has 0 N–H and O–H groups in total. The zero-order valence-corrected chi connectivity index (χ0v) is 16.7. The maximum Gasteiger partial charge on any atom is 0.336 e. The van der Waals surface area contributed by atoms with Crippen LogP contribution in [0.25, 0.3) is 0 Å². The maximum atomic E-state index is 13.1. The van der Waals surface area contributed by atoms with E-state index < -0.39 is 29.5 Å². The van der Waals surface area contributed by atoms with Crippen molar-refractivity contribution < 1.29 is 26.2 Å². The molecule has 0 bridgehead atoms. The van der Waals surface area contributed by atoms with Gasteiger partial charge in [-0.3, -0.25) is 8.75 Å². The van der Waals surface area contributed by atoms with Gasteiger partial charge in [-0.25, -0.2) is 0 Å². The molecule has 1 aromatic rings. The van der Waals surface area contributed by atoms with Gasteiger partial charge in [0.05, 0.1) is 29.9 Å². The second-order valence-electron chi connectivity index (χ2n) is 6.13. The molecule has 0 saturated heterocycles. The zero-order chi connectivity index (χ0) is 18.5. The lowest BCUT2D eigenvalue weighted by Crippen LogP contribution is -2.35. The summed E-state index contributed by atoms with van der Waals surface area (Å²) in [5.74, 6) is 0. The van der Waals surface area contributed by atoms with Crippen LogP contribution in [0.4, 0.5) is 0 Å². The quantitative estimate of drug-likeness (QED) is 0.487. The Labute approximate surface area is 150 Å². The molecule has 0 unspecified atom stereocenters. The molecule has 1 saturated carbocycles. The van der Waals surface area contributed by atoms with Gasteiger partial charge in [-0.15, -0.1) is 0 Å². The molecule has 2 atom stereocenters. The van der Waals surface area contributed by atoms with Gasteiger partial charge in [-0.1, -0.05) is 30.5 Å². The highest BCUT2D eigenvalue weighted by molar-refractivity contribution is 7.86. The van der Waals surface area contributed by atoms with Gasteiger partial charge in [0.2, 0.25) is 0 Å². The smallest absolute Gasteiger partial charge is 0.309 e. The first-order valence-corrected chi connectivity index (χ1v) is 11.7. The summed E-state index contributed by atoms with van der Waals surface area (Å²) in [6, 6.07) is 6.49. The summed E-state index contributed by atoms with van der Waals surface area (Å²) in [7, 11) is -7.36. The van der Waals surface area contributed by atoms with Crippen molar-refractivity contribution in [1.82, 2.24) is 0 Å². The molecule has 0 spiro atoms. The molecule has 0 aliphatic heterocycles. The van der Waals surface area contributed by atoms with Gasteiger partial charge in [-0.2, -0.15) is 8.42 Å². The number of hydrogen-bond acceptors (Lipinski definition) is 6. The van der Waals surface area contributed by atoms with Crippen molar-refractivity contribution >= 4 is 17.7 Å². The lowest BCUT2D eigenvalue weighted by atomic mass is 9.97. The summed E-state index contributed by atoms with van der Waals surface area (Å²) in [6.07, 6.45) is 2.04. The van der Waals surface area contributed by atoms with E-state index in [9.17, 15) is 13.0 Å². The molecule has 142 valence electrons. The van der Waals surface area contributed by atoms with E-state index in [4.69, 9.17) is 13.2 Å². The van der Waals surface area contributed by atoms with Crippen LogP contribution in [0.2, 0.25) is 0 Å². The third-order valence-electron chi connectivity index (χ3n) is 4.25. The predicted molar refractivity (Wildman–Crippen MR) is 96.4 cm³/mol. The van der Waals surface area contributed by atoms with Gasteiger partial charge in [0.25, 0.3) is 10.1 Å². The minimum Gasteiger partial charge on any atom is -0.309 e. The van der Waals surface area contributed by atoms with E-state index in [1.165, 1.54) is 12.1 Å². The Hall–Kier alpha value is -0.720. The Balaban J connectivity index is 2.25. The van der Waals surface area contributed by atoms with E-state index in [1.807, 2.05) is 6.92 Å². The molecule has 0 radical (unpaired) electrons. The summed E-state index contributed by atoms with van der Waals surface area (Å²) in [5, 5.41) is 0. The monoisotopic (exact) mass is 390 g/mol. The Bertz CT molecular complexity index is 690. The van der Waals surface area contributed by atoms with Crippen molar-refractivity contribution in [3.05, 3.63) is 29.8 Å². The Kier molecular flexibility index (Phi) is 7.23. The fraction of sp³-hybridized carbons (Fsp3) is 0.647. The zero-order valence-electron chi connectivity index (χ0n) is 15.0. The van der Waals surface area contributed by atoms with E-state index in [2.05, 4.69) is 0 Å². The molecule has 25 heavy (non-hydrogen) atoms. The SMILES string of the molecule is CCOP(=O)(OCC)[C@H]1CCCC[C@H]1OS(=O)(=O)c1ccc(C)cc1. The number of benzene rings is 1. The highest BCUT2D eigenvalue weighted by Gasteiger charge is 2.44. The molecule has 6 nitrogen and oxygen atoms in total. The minimum atomic E-state index is -3.93. The minimum absolute atomic E-state index is 0.102. The normalized spacial score (nSPS) is 22.0. The lowest BCUT2D eigenvalue weighted by molar-refractivity contribution is 0.133. The van der Waals surface area contributed by atoms with Crippen LogP contribution in [-0.2, 0) is 27.9 Å². The van der Waals surface area contributed by atoms with Gasteiger partial charge in [0.15, 0.2) is 0 Å². The fourth-order valence-electron chi connectivity index (χ4n) is 3.06. The van der Waals surface area contributed by atoms with Crippen LogP contribution in [0.15, 0.2) is 29.2 Å². The van der Waals surface area contributed by atoms with Gasteiger partial charge >= 0.3 is 7.60 Å². The summed E-state index contributed by atoms with van der Waals surface area (Å²) < 4.78 is 54.7. The van der Waals surface area contributed by atoms with Gasteiger partial charge in [-0.05, 0) is 45.7 Å². The van der Waals surface area contributed by atoms with Crippen LogP contribution in [0, 0.1) is 6.92 Å². The number of hydrogen-bond donors (Lipinski definition) is 0. The van der Waals surface area contributed by atoms with E-state index in [0.717, 1.165) is 18.4 Å². The van der Waals surface area contributed by atoms with Crippen LogP contribution in [0.5, 0.6) is 0 Å². The third kappa shape index (κ3) is 5.14. The molecule has 2 rings (SSSR count). The maximum absolute atomic E-state index is 13.1. The number of rotatable bonds is 8. The van der Waals surface area contributed by atoms with Crippen molar-refractivity contribution in [2.75, 3.05) is 13.2 Å². The number of aryl methyl sites for hydroxylation is 1. The summed E-state index contributed by atoms with van der Waals surface area (Å²) >= 11 is 0. The van der Waals surface area contributed by atoms with E-state index in [1.54, 1.807) is 26.0 Å². The second-order valence-corrected chi connectivity index (χ2v) is 9.96. The molecule has 1 aromatic carbocycles. The molecular formula is C17H27O6PS. The molecule has 0 aromatic heterocycles. The van der Waals surface area contributed by atoms with E-state index in [-0.39, 0.29) is 18.1 Å². The van der Waals surface area contributed by atoms with Crippen LogP contribution in [-0.4, -0.2) is 33.4 Å². The molecule has 0 heterocycles. The Morgan fingerprint density at radius 3 is 2.16 bits per heavy atom. The molecule has 1 fully saturated rings.